The van der Waals surface area contributed by atoms with E-state index in [2.05, 4.69) is 20.6 Å². The molecule has 6 aromatic rings. The molecule has 0 aliphatic carbocycles. The summed E-state index contributed by atoms with van der Waals surface area (Å²) < 4.78 is 149. The fourth-order valence-corrected chi connectivity index (χ4v) is 15.7. The number of hydrogen-bond acceptors (Lipinski definition) is 23. The number of nitrogens with zero attached hydrogens (tertiary/aromatic N) is 7. The van der Waals surface area contributed by atoms with Crippen molar-refractivity contribution in [3.63, 3.8) is 0 Å². The molecule has 496 valence electrons. The molecule has 27 nitrogen and oxygen atoms in total. The van der Waals surface area contributed by atoms with E-state index in [1.165, 1.54) is 81.4 Å². The summed E-state index contributed by atoms with van der Waals surface area (Å²) in [7, 11) is -18.3. The number of benzene rings is 4. The van der Waals surface area contributed by atoms with Gasteiger partial charge in [-0.3, -0.25) is 4.84 Å². The van der Waals surface area contributed by atoms with Gasteiger partial charge in [0.05, 0.1) is 6.61 Å². The zero-order valence-electron chi connectivity index (χ0n) is 52.0. The minimum atomic E-state index is -4.81. The predicted octanol–water partition coefficient (Wildman–Crippen LogP) is 6.08. The highest BCUT2D eigenvalue weighted by Crippen LogP contribution is 2.34. The summed E-state index contributed by atoms with van der Waals surface area (Å²) in [5.41, 5.74) is 7.39. The molecule has 0 bridgehead atoms. The van der Waals surface area contributed by atoms with Crippen molar-refractivity contribution < 1.29 is 80.2 Å². The third kappa shape index (κ3) is 18.9. The van der Waals surface area contributed by atoms with Gasteiger partial charge in [-0.15, -0.1) is 0 Å². The maximum absolute atomic E-state index is 14.0. The zero-order chi connectivity index (χ0) is 66.7. The summed E-state index contributed by atoms with van der Waals surface area (Å²) in [4.78, 5) is 48.5. The van der Waals surface area contributed by atoms with Crippen LogP contribution in [0.5, 0.6) is 23.0 Å². The van der Waals surface area contributed by atoms with Gasteiger partial charge in [-0.1, -0.05) is 36.4 Å². The molecule has 0 saturated carbocycles. The highest BCUT2D eigenvalue weighted by Gasteiger charge is 2.37. The van der Waals surface area contributed by atoms with Crippen molar-refractivity contribution in [2.45, 2.75) is 111 Å². The van der Waals surface area contributed by atoms with E-state index in [4.69, 9.17) is 42.7 Å². The van der Waals surface area contributed by atoms with E-state index in [0.29, 0.717) is 48.9 Å². The van der Waals surface area contributed by atoms with Crippen LogP contribution in [0.4, 0.5) is 11.6 Å². The molecule has 2 atom stereocenters. The van der Waals surface area contributed by atoms with Crippen LogP contribution in [0.15, 0.2) is 158 Å². The number of oxime groups is 1. The number of sulfonamides is 2. The van der Waals surface area contributed by atoms with Gasteiger partial charge in [0, 0.05) is 89.7 Å². The zero-order valence-corrected chi connectivity index (χ0v) is 55.3. The first-order valence-corrected chi connectivity index (χ1v) is 34.8. The van der Waals surface area contributed by atoms with E-state index in [1.807, 2.05) is 34.1 Å². The van der Waals surface area contributed by atoms with E-state index in [9.17, 15) is 43.3 Å². The third-order valence-corrected chi connectivity index (χ3v) is 20.3. The number of nitrogens with two attached hydrogens (primary N) is 1. The van der Waals surface area contributed by atoms with Crippen molar-refractivity contribution in [3.05, 3.63) is 145 Å². The van der Waals surface area contributed by atoms with Crippen molar-refractivity contribution in [1.29, 1.82) is 0 Å². The fraction of sp³-hybridized carbons (Fsp3) is 0.393. The fourth-order valence-electron chi connectivity index (χ4n) is 9.52. The number of carbonyl (C=O) groups excluding carboxylic acids is 2. The molecule has 2 aliphatic rings. The lowest BCUT2D eigenvalue weighted by atomic mass is 10.2. The second-order valence-corrected chi connectivity index (χ2v) is 30.0. The van der Waals surface area contributed by atoms with Gasteiger partial charge in [-0.05, 0) is 144 Å². The number of aromatic nitrogens is 2. The first kappa shape index (κ1) is 69.6. The third-order valence-electron chi connectivity index (χ3n) is 13.5. The van der Waals surface area contributed by atoms with Crippen LogP contribution in [0.3, 0.4) is 0 Å². The Hall–Kier alpha value is -8.33. The lowest BCUT2D eigenvalue weighted by molar-refractivity contribution is -0.165. The molecule has 4 aromatic carbocycles. The number of guanidine groups is 1. The molecule has 2 unspecified atom stereocenters. The van der Waals surface area contributed by atoms with Gasteiger partial charge in [-0.25, -0.2) is 41.9 Å². The molecule has 31 heteroatoms. The molecular weight excluding hydrogens is 1270 g/mol. The van der Waals surface area contributed by atoms with E-state index in [-0.39, 0.29) is 75.2 Å². The maximum atomic E-state index is 14.0. The van der Waals surface area contributed by atoms with E-state index >= 15 is 0 Å². The molecule has 0 spiro atoms. The lowest BCUT2D eigenvalue weighted by Crippen LogP contribution is -2.49. The van der Waals surface area contributed by atoms with Gasteiger partial charge in [-0.2, -0.15) is 25.4 Å². The molecule has 3 N–H and O–H groups in total. The average Bonchev–Trinajstić information content (AvgIpc) is 0.775. The number of ether oxygens (including phenoxy) is 4. The Bertz CT molecular complexity index is 4050. The van der Waals surface area contributed by atoms with Crippen LogP contribution >= 0.6 is 0 Å². The van der Waals surface area contributed by atoms with Crippen molar-refractivity contribution in [2.24, 2.45) is 10.9 Å². The van der Waals surface area contributed by atoms with Crippen LogP contribution < -0.4 is 38.9 Å². The van der Waals surface area contributed by atoms with Gasteiger partial charge in [0.25, 0.3) is 5.96 Å². The molecule has 2 aromatic heterocycles. The number of rotatable bonds is 26. The van der Waals surface area contributed by atoms with Crippen LogP contribution in [0.25, 0.3) is 0 Å². The highest BCUT2D eigenvalue weighted by molar-refractivity contribution is 7.92. The molecule has 0 radical (unpaired) electrons. The van der Waals surface area contributed by atoms with Crippen molar-refractivity contribution >= 4 is 69.8 Å². The minimum Gasteiger partial charge on any atom is -0.478 e. The smallest absolute Gasteiger partial charge is 0.347 e. The highest BCUT2D eigenvalue weighted by atomic mass is 32.2. The normalized spacial score (nSPS) is 15.6. The van der Waals surface area contributed by atoms with E-state index < -0.39 is 101 Å². The quantitative estimate of drug-likeness (QED) is 0.0155. The number of carbonyl (C=O) groups is 2. The first-order chi connectivity index (χ1) is 43.4. The molecule has 4 heterocycles. The molecule has 2 saturated heterocycles. The first-order valence-electron chi connectivity index (χ1n) is 29.1. The SMILES string of the molecule is Cc1cc(OC(CCON=C(N)NOCCC(Oc2cc(C)cc(OS(=O)(=O)c3ccccc3S(=O)(=O)N3CCN(c4ccccn4)CC3)c2)C(=O)OC(C)(C)C)C(=O)OC(C)(C)C)cc(OS(=O)(=O)c2ccccc2S(=O)(=O)N2CCN(c3ccccn3)CC2)c1. The monoisotopic (exact) mass is 1350 g/mol. The van der Waals surface area contributed by atoms with Crippen molar-refractivity contribution in [3.8, 4) is 23.0 Å². The van der Waals surface area contributed by atoms with Gasteiger partial charge >= 0.3 is 32.2 Å². The second kappa shape index (κ2) is 29.5. The van der Waals surface area contributed by atoms with Crippen molar-refractivity contribution in [1.82, 2.24) is 24.1 Å². The Morgan fingerprint density at radius 2 is 0.891 bits per heavy atom. The largest absolute Gasteiger partial charge is 0.478 e. The Labute approximate surface area is 536 Å². The molecule has 8 rings (SSSR count). The average molecular weight is 1350 g/mol. The van der Waals surface area contributed by atoms with Gasteiger partial charge < -0.3 is 47.7 Å². The number of pyridine rings is 2. The van der Waals surface area contributed by atoms with Crippen LogP contribution in [-0.2, 0) is 69.0 Å². The van der Waals surface area contributed by atoms with Crippen LogP contribution in [0, 0.1) is 13.8 Å². The van der Waals surface area contributed by atoms with Gasteiger partial charge in [0.2, 0.25) is 20.0 Å². The maximum Gasteiger partial charge on any atom is 0.347 e. The Morgan fingerprint density at radius 1 is 0.522 bits per heavy atom. The summed E-state index contributed by atoms with van der Waals surface area (Å²) >= 11 is 0. The topological polar surface area (TPSA) is 334 Å². The summed E-state index contributed by atoms with van der Waals surface area (Å²) in [6.07, 6.45) is 0.195. The number of hydroxylamine groups is 1. The number of piperazine rings is 2. The number of anilines is 2. The van der Waals surface area contributed by atoms with Crippen LogP contribution in [0.1, 0.15) is 65.5 Å². The molecular formula is C61H75N9O18S4. The standard InChI is InChI=1S/C61H75N9O18S4/c1-43-37-45(41-47(39-43)87-91(77,78)53-19-11-9-17-51(53)89(73,74)69-31-27-67(28-32-69)55-21-13-15-25-63-55)83-49(57(71)85-60(3,4)5)23-35-81-65-59(62)66-82-36-24-50(58(72)86-61(6,7)8)84-46-38-44(2)40-48(42-46)88-92(79,80)54-20-12-10-18-52(54)90(75,76)70-33-29-68(30-34-70)56-22-14-16-26-64-56/h9-22,25-26,37-42,49-50H,23-24,27-36H2,1-8H3,(H3,62,65,66). The van der Waals surface area contributed by atoms with Gasteiger partial charge in [0.15, 0.2) is 12.2 Å². The minimum absolute atomic E-state index is 0.00633. The number of aryl methyl sites for hydroxylation is 2. The summed E-state index contributed by atoms with van der Waals surface area (Å²) in [6, 6.07) is 29.4. The summed E-state index contributed by atoms with van der Waals surface area (Å²) in [5, 5.41) is 3.79. The molecule has 0 amide bonds. The van der Waals surface area contributed by atoms with E-state index in [1.54, 1.807) is 79.9 Å². The number of nitrogens with one attached hydrogen (secondary N) is 1. The predicted molar refractivity (Wildman–Crippen MR) is 338 cm³/mol. The van der Waals surface area contributed by atoms with Gasteiger partial charge in [0.1, 0.15) is 72.0 Å². The molecule has 92 heavy (non-hydrogen) atoms. The van der Waals surface area contributed by atoms with Crippen LogP contribution in [-0.4, -0.2) is 159 Å². The second-order valence-electron chi connectivity index (χ2n) is 23.2. The lowest BCUT2D eigenvalue weighted by Gasteiger charge is -2.34. The number of hydrogen-bond donors (Lipinski definition) is 2. The van der Waals surface area contributed by atoms with E-state index in [0.717, 1.165) is 12.1 Å². The Morgan fingerprint density at radius 3 is 1.27 bits per heavy atom. The number of esters is 2. The van der Waals surface area contributed by atoms with Crippen LogP contribution in [0.2, 0.25) is 0 Å². The molecule has 2 aliphatic heterocycles. The Kier molecular flexibility index (Phi) is 22.3. The van der Waals surface area contributed by atoms with Crippen molar-refractivity contribution in [2.75, 3.05) is 75.4 Å². The molecule has 2 fully saturated rings. The Balaban J connectivity index is 0.869. The summed E-state index contributed by atoms with van der Waals surface area (Å²) in [6.45, 7) is 14.2. The summed E-state index contributed by atoms with van der Waals surface area (Å²) in [5.74, 6) is -1.14.